The molecule has 0 aliphatic rings. The van der Waals surface area contributed by atoms with Gasteiger partial charge in [0.2, 0.25) is 0 Å². The second-order valence-electron chi connectivity index (χ2n) is 6.69. The number of nitrogen functional groups attached to an aromatic ring is 4. The van der Waals surface area contributed by atoms with Crippen LogP contribution in [0.4, 0.5) is 22.7 Å². The van der Waals surface area contributed by atoms with Gasteiger partial charge in [0.05, 0.1) is 43.8 Å². The molecule has 2 aromatic carbocycles. The third-order valence-corrected chi connectivity index (χ3v) is 4.24. The number of anilines is 4. The smallest absolute Gasteiger partial charge is 0.144 e. The van der Waals surface area contributed by atoms with Crippen molar-refractivity contribution in [1.82, 2.24) is 0 Å². The molecule has 0 fully saturated rings. The fourth-order valence-electron chi connectivity index (χ4n) is 2.52. The van der Waals surface area contributed by atoms with Gasteiger partial charge in [0.15, 0.2) is 0 Å². The van der Waals surface area contributed by atoms with Crippen molar-refractivity contribution in [3.63, 3.8) is 0 Å². The molecule has 30 heavy (non-hydrogen) atoms. The highest BCUT2D eigenvalue weighted by atomic mass is 16.6. The highest BCUT2D eigenvalue weighted by molar-refractivity contribution is 5.60. The number of nitrogens with two attached hydrogens (primary N) is 6. The summed E-state index contributed by atoms with van der Waals surface area (Å²) in [6, 6.07) is 9.66. The standard InChI is InChI=1S/C20H32N6O4/c21-11-17(26)20(30-19-10-14(23)2-4-16(19)25)12-28-6-5-27-7-8-29-18-9-13(22)1-3-15(18)24/h1-4,9-10,17,20H,5-8,11-12,21-26H2. The maximum atomic E-state index is 6.04. The maximum absolute atomic E-state index is 6.04. The molecule has 10 heteroatoms. The molecule has 0 aliphatic carbocycles. The fourth-order valence-corrected chi connectivity index (χ4v) is 2.52. The van der Waals surface area contributed by atoms with Gasteiger partial charge in [-0.1, -0.05) is 0 Å². The average Bonchev–Trinajstić information content (AvgIpc) is 2.73. The first-order valence-corrected chi connectivity index (χ1v) is 9.61. The predicted octanol–water partition coefficient (Wildman–Crippen LogP) is 0.161. The van der Waals surface area contributed by atoms with E-state index in [2.05, 4.69) is 0 Å². The van der Waals surface area contributed by atoms with Gasteiger partial charge < -0.3 is 53.3 Å². The van der Waals surface area contributed by atoms with Crippen LogP contribution >= 0.6 is 0 Å². The van der Waals surface area contributed by atoms with Crippen LogP contribution in [0.5, 0.6) is 11.5 Å². The van der Waals surface area contributed by atoms with Crippen LogP contribution in [0.3, 0.4) is 0 Å². The lowest BCUT2D eigenvalue weighted by Crippen LogP contribution is -2.47. The highest BCUT2D eigenvalue weighted by Gasteiger charge is 2.20. The Labute approximate surface area is 176 Å². The second kappa shape index (κ2) is 11.9. The molecule has 0 aliphatic heterocycles. The van der Waals surface area contributed by atoms with Crippen molar-refractivity contribution in [2.75, 3.05) is 62.5 Å². The van der Waals surface area contributed by atoms with E-state index in [9.17, 15) is 0 Å². The van der Waals surface area contributed by atoms with Crippen molar-refractivity contribution in [2.24, 2.45) is 11.5 Å². The van der Waals surface area contributed by atoms with Crippen LogP contribution < -0.4 is 43.9 Å². The van der Waals surface area contributed by atoms with E-state index in [-0.39, 0.29) is 13.2 Å². The number of rotatable bonds is 13. The van der Waals surface area contributed by atoms with E-state index < -0.39 is 12.1 Å². The highest BCUT2D eigenvalue weighted by Crippen LogP contribution is 2.25. The van der Waals surface area contributed by atoms with Crippen LogP contribution in [-0.2, 0) is 9.47 Å². The predicted molar refractivity (Wildman–Crippen MR) is 119 cm³/mol. The van der Waals surface area contributed by atoms with Gasteiger partial charge >= 0.3 is 0 Å². The van der Waals surface area contributed by atoms with Gasteiger partial charge in [0, 0.05) is 30.1 Å². The molecule has 166 valence electrons. The second-order valence-corrected chi connectivity index (χ2v) is 6.69. The van der Waals surface area contributed by atoms with E-state index in [0.717, 1.165) is 0 Å². The molecule has 0 heterocycles. The average molecular weight is 421 g/mol. The van der Waals surface area contributed by atoms with Crippen molar-refractivity contribution in [3.05, 3.63) is 36.4 Å². The maximum Gasteiger partial charge on any atom is 0.144 e. The summed E-state index contributed by atoms with van der Waals surface area (Å²) in [7, 11) is 0. The van der Waals surface area contributed by atoms with Crippen LogP contribution in [0.25, 0.3) is 0 Å². The first kappa shape index (κ1) is 23.4. The van der Waals surface area contributed by atoms with Gasteiger partial charge in [0.25, 0.3) is 0 Å². The van der Waals surface area contributed by atoms with Crippen molar-refractivity contribution in [1.29, 1.82) is 0 Å². The summed E-state index contributed by atoms with van der Waals surface area (Å²) in [5.41, 5.74) is 37.1. The lowest BCUT2D eigenvalue weighted by atomic mass is 10.2. The van der Waals surface area contributed by atoms with Crippen LogP contribution in [0.2, 0.25) is 0 Å². The third-order valence-electron chi connectivity index (χ3n) is 4.24. The molecule has 2 aromatic rings. The van der Waals surface area contributed by atoms with Gasteiger partial charge in [0.1, 0.15) is 24.2 Å². The van der Waals surface area contributed by atoms with E-state index in [1.807, 2.05) is 0 Å². The van der Waals surface area contributed by atoms with Gasteiger partial charge in [-0.25, -0.2) is 0 Å². The van der Waals surface area contributed by atoms with Crippen molar-refractivity contribution < 1.29 is 18.9 Å². The molecular formula is C20H32N6O4. The van der Waals surface area contributed by atoms with E-state index in [4.69, 9.17) is 53.3 Å². The third kappa shape index (κ3) is 7.48. The molecule has 0 saturated heterocycles. The number of ether oxygens (including phenoxy) is 4. The zero-order chi connectivity index (χ0) is 21.9. The van der Waals surface area contributed by atoms with E-state index in [0.29, 0.717) is 60.7 Å². The minimum absolute atomic E-state index is 0.228. The number of hydrogen-bond donors (Lipinski definition) is 6. The van der Waals surface area contributed by atoms with Gasteiger partial charge in [-0.3, -0.25) is 0 Å². The first-order chi connectivity index (χ1) is 14.4. The summed E-state index contributed by atoms with van der Waals surface area (Å²) in [5, 5.41) is 0. The van der Waals surface area contributed by atoms with Crippen molar-refractivity contribution >= 4 is 22.7 Å². The quantitative estimate of drug-likeness (QED) is 0.192. The molecule has 0 aromatic heterocycles. The van der Waals surface area contributed by atoms with Crippen LogP contribution in [-0.4, -0.2) is 51.7 Å². The first-order valence-electron chi connectivity index (χ1n) is 9.61. The molecule has 0 amide bonds. The Morgan fingerprint density at radius 1 is 0.733 bits per heavy atom. The van der Waals surface area contributed by atoms with Gasteiger partial charge in [-0.15, -0.1) is 0 Å². The Morgan fingerprint density at radius 3 is 1.97 bits per heavy atom. The Bertz CT molecular complexity index is 792. The Balaban J connectivity index is 1.67. The summed E-state index contributed by atoms with van der Waals surface area (Å²) < 4.78 is 22.5. The Hall–Kier alpha value is -2.92. The topological polar surface area (TPSA) is 193 Å². The lowest BCUT2D eigenvalue weighted by molar-refractivity contribution is 0.00112. The van der Waals surface area contributed by atoms with Gasteiger partial charge in [-0.2, -0.15) is 0 Å². The van der Waals surface area contributed by atoms with Crippen LogP contribution in [0.1, 0.15) is 0 Å². The zero-order valence-electron chi connectivity index (χ0n) is 17.0. The molecule has 10 nitrogen and oxygen atoms in total. The minimum Gasteiger partial charge on any atom is -0.489 e. The number of benzene rings is 2. The largest absolute Gasteiger partial charge is 0.489 e. The molecule has 2 rings (SSSR count). The van der Waals surface area contributed by atoms with Crippen LogP contribution in [0.15, 0.2) is 36.4 Å². The van der Waals surface area contributed by atoms with Gasteiger partial charge in [-0.05, 0) is 24.3 Å². The Morgan fingerprint density at radius 2 is 1.30 bits per heavy atom. The van der Waals surface area contributed by atoms with Crippen molar-refractivity contribution in [2.45, 2.75) is 12.1 Å². The van der Waals surface area contributed by atoms with E-state index >= 15 is 0 Å². The van der Waals surface area contributed by atoms with E-state index in [1.54, 1.807) is 36.4 Å². The molecule has 0 spiro atoms. The molecule has 12 N–H and O–H groups in total. The summed E-state index contributed by atoms with van der Waals surface area (Å²) in [6.07, 6.45) is -0.478. The summed E-state index contributed by atoms with van der Waals surface area (Å²) in [4.78, 5) is 0. The molecule has 2 atom stereocenters. The van der Waals surface area contributed by atoms with Crippen LogP contribution in [0, 0.1) is 0 Å². The molecule has 0 radical (unpaired) electrons. The molecule has 2 unspecified atom stereocenters. The summed E-state index contributed by atoms with van der Waals surface area (Å²) >= 11 is 0. The summed E-state index contributed by atoms with van der Waals surface area (Å²) in [5.74, 6) is 0.980. The number of hydrogen-bond acceptors (Lipinski definition) is 10. The zero-order valence-corrected chi connectivity index (χ0v) is 17.0. The Kier molecular flexibility index (Phi) is 9.29. The monoisotopic (exact) mass is 420 g/mol. The summed E-state index contributed by atoms with van der Waals surface area (Å²) in [6.45, 7) is 1.90. The fraction of sp³-hybridized carbons (Fsp3) is 0.400. The molecule has 0 saturated carbocycles. The lowest BCUT2D eigenvalue weighted by Gasteiger charge is -2.25. The molecular weight excluding hydrogens is 388 g/mol. The normalized spacial score (nSPS) is 13.0. The van der Waals surface area contributed by atoms with Crippen molar-refractivity contribution in [3.8, 4) is 11.5 Å². The molecule has 0 bridgehead atoms. The van der Waals surface area contributed by atoms with E-state index in [1.165, 1.54) is 0 Å². The SMILES string of the molecule is NCC(N)C(COCCOCCOc1cc(N)ccc1N)Oc1cc(N)ccc1N. The minimum atomic E-state index is -0.478.